The number of anilines is 3. The molecule has 2 aliphatic heterocycles. The van der Waals surface area contributed by atoms with Gasteiger partial charge in [-0.15, -0.1) is 11.3 Å². The lowest BCUT2D eigenvalue weighted by atomic mass is 9.45. The van der Waals surface area contributed by atoms with E-state index in [-0.39, 0.29) is 6.85 Å². The Kier molecular flexibility index (Phi) is 3.92. The molecule has 4 heterocycles. The molecule has 0 fully saturated rings. The van der Waals surface area contributed by atoms with Crippen LogP contribution in [0.1, 0.15) is 0 Å². The number of fused-ring (bicyclic) bond motifs is 11. The van der Waals surface area contributed by atoms with Gasteiger partial charge in [0.15, 0.2) is 0 Å². The van der Waals surface area contributed by atoms with Crippen LogP contribution in [0.3, 0.4) is 0 Å². The second-order valence-electron chi connectivity index (χ2n) is 10.9. The van der Waals surface area contributed by atoms with Crippen LogP contribution >= 0.6 is 11.3 Å². The van der Waals surface area contributed by atoms with E-state index in [9.17, 15) is 0 Å². The number of benzene rings is 6. The van der Waals surface area contributed by atoms with Gasteiger partial charge in [0, 0.05) is 48.7 Å². The Morgan fingerprint density at radius 2 is 1.35 bits per heavy atom. The maximum absolute atomic E-state index is 2.67. The van der Waals surface area contributed by atoms with E-state index in [0.717, 1.165) is 0 Å². The first kappa shape index (κ1) is 21.1. The van der Waals surface area contributed by atoms with E-state index in [2.05, 4.69) is 137 Å². The van der Waals surface area contributed by atoms with Crippen molar-refractivity contribution < 1.29 is 0 Å². The first-order chi connectivity index (χ1) is 19.9. The fourth-order valence-electron chi connectivity index (χ4n) is 7.43. The number of hydrogen-bond donors (Lipinski definition) is 0. The summed E-state index contributed by atoms with van der Waals surface area (Å²) in [7, 11) is 0. The van der Waals surface area contributed by atoms with E-state index in [1.54, 1.807) is 0 Å². The van der Waals surface area contributed by atoms with Crippen LogP contribution in [-0.4, -0.2) is 11.3 Å². The molecule has 0 atom stereocenters. The van der Waals surface area contributed by atoms with Crippen LogP contribution in [0.5, 0.6) is 0 Å². The molecule has 2 aromatic heterocycles. The standard InChI is InChI=1S/C36H21BN2S/c1-2-12-23(13-3-1)38-30-19-8-7-18-29(30)37-33-28(21-22-11-4-5-14-24(22)35(33)38)25-16-10-17-27-32-26-15-6-9-20-31(26)40-36(32)39(37)34(25)27/h1-21H. The average Bonchev–Trinajstić information content (AvgIpc) is 3.55. The van der Waals surface area contributed by atoms with E-state index in [4.69, 9.17) is 0 Å². The SMILES string of the molecule is c1ccc(N2c3ccccc3B3c4c(cc5ccccc5c42)-c2cccc4c5c6ccccc6sc5n3c24)cc1. The molecule has 0 N–H and O–H groups in total. The highest BCUT2D eigenvalue weighted by atomic mass is 32.1. The summed E-state index contributed by atoms with van der Waals surface area (Å²) in [6, 6.07) is 47.1. The van der Waals surface area contributed by atoms with Crippen molar-refractivity contribution >= 4 is 88.2 Å². The van der Waals surface area contributed by atoms with Gasteiger partial charge in [-0.3, -0.25) is 0 Å². The summed E-state index contributed by atoms with van der Waals surface area (Å²) in [5.74, 6) is 0. The lowest BCUT2D eigenvalue weighted by molar-refractivity contribution is 1.27. The Morgan fingerprint density at radius 3 is 2.27 bits per heavy atom. The minimum absolute atomic E-state index is 0.0914. The second-order valence-corrected chi connectivity index (χ2v) is 11.9. The van der Waals surface area contributed by atoms with Crippen LogP contribution in [0.4, 0.5) is 17.1 Å². The third kappa shape index (κ3) is 2.46. The largest absolute Gasteiger partial charge is 0.367 e. The molecule has 10 rings (SSSR count). The van der Waals surface area contributed by atoms with Crippen molar-refractivity contribution in [3.8, 4) is 11.1 Å². The smallest absolute Gasteiger partial charge is 0.333 e. The molecule has 2 aliphatic rings. The third-order valence-corrected chi connectivity index (χ3v) is 10.1. The minimum Gasteiger partial charge on any atom is -0.367 e. The Bertz CT molecular complexity index is 2350. The van der Waals surface area contributed by atoms with E-state index in [1.807, 2.05) is 11.3 Å². The monoisotopic (exact) mass is 524 g/mol. The summed E-state index contributed by atoms with van der Waals surface area (Å²) < 4.78 is 4.02. The van der Waals surface area contributed by atoms with Crippen LogP contribution < -0.4 is 15.8 Å². The number of thiophene rings is 1. The van der Waals surface area contributed by atoms with Gasteiger partial charge in [-0.2, -0.15) is 0 Å². The molecule has 0 amide bonds. The van der Waals surface area contributed by atoms with E-state index >= 15 is 0 Å². The maximum atomic E-state index is 2.67. The van der Waals surface area contributed by atoms with Crippen molar-refractivity contribution in [3.63, 3.8) is 0 Å². The Morgan fingerprint density at radius 1 is 0.600 bits per heavy atom. The predicted molar refractivity (Wildman–Crippen MR) is 173 cm³/mol. The normalized spacial score (nSPS) is 13.4. The number of rotatable bonds is 1. The first-order valence-corrected chi connectivity index (χ1v) is 14.6. The molecule has 40 heavy (non-hydrogen) atoms. The zero-order valence-electron chi connectivity index (χ0n) is 21.5. The van der Waals surface area contributed by atoms with E-state index < -0.39 is 0 Å². The molecule has 0 radical (unpaired) electrons. The highest BCUT2D eigenvalue weighted by Crippen LogP contribution is 2.49. The zero-order chi connectivity index (χ0) is 25.9. The molecular weight excluding hydrogens is 503 g/mol. The number of aromatic nitrogens is 1. The van der Waals surface area contributed by atoms with Gasteiger partial charge in [0.2, 0.25) is 0 Å². The molecule has 2 nitrogen and oxygen atoms in total. The van der Waals surface area contributed by atoms with Gasteiger partial charge in [-0.1, -0.05) is 97.1 Å². The molecule has 4 heteroatoms. The second kappa shape index (κ2) is 7.44. The van der Waals surface area contributed by atoms with Crippen LogP contribution in [0, 0.1) is 0 Å². The highest BCUT2D eigenvalue weighted by Gasteiger charge is 2.43. The molecule has 6 aromatic carbocycles. The molecule has 0 aliphatic carbocycles. The first-order valence-electron chi connectivity index (χ1n) is 13.8. The van der Waals surface area contributed by atoms with Gasteiger partial charge in [-0.25, -0.2) is 0 Å². The summed E-state index contributed by atoms with van der Waals surface area (Å²) in [5, 5.41) is 6.67. The zero-order valence-corrected chi connectivity index (χ0v) is 22.3. The Balaban J connectivity index is 1.46. The molecule has 0 bridgehead atoms. The van der Waals surface area contributed by atoms with Gasteiger partial charge in [0.1, 0.15) is 0 Å². The lowest BCUT2D eigenvalue weighted by Crippen LogP contribution is -2.56. The summed E-state index contributed by atoms with van der Waals surface area (Å²) >= 11 is 1.93. The van der Waals surface area contributed by atoms with Crippen molar-refractivity contribution in [2.45, 2.75) is 0 Å². The molecule has 0 saturated carbocycles. The van der Waals surface area contributed by atoms with Crippen LogP contribution in [-0.2, 0) is 0 Å². The van der Waals surface area contributed by atoms with Gasteiger partial charge >= 0.3 is 6.85 Å². The van der Waals surface area contributed by atoms with Gasteiger partial charge in [0.25, 0.3) is 0 Å². The topological polar surface area (TPSA) is 8.17 Å². The molecular formula is C36H21BN2S. The molecule has 184 valence electrons. The van der Waals surface area contributed by atoms with Gasteiger partial charge in [-0.05, 0) is 52.2 Å². The lowest BCUT2D eigenvalue weighted by Gasteiger charge is -2.41. The van der Waals surface area contributed by atoms with Crippen LogP contribution in [0.25, 0.3) is 53.1 Å². The van der Waals surface area contributed by atoms with Crippen molar-refractivity contribution in [2.24, 2.45) is 0 Å². The summed E-state index contributed by atoms with van der Waals surface area (Å²) in [6.07, 6.45) is 0. The van der Waals surface area contributed by atoms with Crippen molar-refractivity contribution in [1.29, 1.82) is 0 Å². The Labute approximate surface area is 235 Å². The maximum Gasteiger partial charge on any atom is 0.333 e. The van der Waals surface area contributed by atoms with E-state index in [0.29, 0.717) is 0 Å². The van der Waals surface area contributed by atoms with Gasteiger partial charge < -0.3 is 9.38 Å². The van der Waals surface area contributed by atoms with Crippen molar-refractivity contribution in [3.05, 3.63) is 127 Å². The number of nitrogens with zero attached hydrogens (tertiary/aromatic N) is 2. The predicted octanol–water partition coefficient (Wildman–Crippen LogP) is 8.58. The van der Waals surface area contributed by atoms with Crippen molar-refractivity contribution in [2.75, 3.05) is 4.90 Å². The molecule has 8 aromatic rings. The van der Waals surface area contributed by atoms with Crippen LogP contribution in [0.2, 0.25) is 0 Å². The molecule has 0 spiro atoms. The Hall–Kier alpha value is -4.80. The quantitative estimate of drug-likeness (QED) is 0.195. The third-order valence-electron chi connectivity index (χ3n) is 8.94. The number of para-hydroxylation sites is 3. The summed E-state index contributed by atoms with van der Waals surface area (Å²) in [5.41, 5.74) is 10.5. The summed E-state index contributed by atoms with van der Waals surface area (Å²) in [6.45, 7) is 0.0914. The van der Waals surface area contributed by atoms with E-state index in [1.165, 1.54) is 81.1 Å². The average molecular weight is 524 g/mol. The fourth-order valence-corrected chi connectivity index (χ4v) is 8.68. The fraction of sp³-hybridized carbons (Fsp3) is 0. The van der Waals surface area contributed by atoms with Crippen LogP contribution in [0.15, 0.2) is 127 Å². The van der Waals surface area contributed by atoms with Gasteiger partial charge in [0.05, 0.1) is 10.5 Å². The molecule has 0 saturated heterocycles. The highest BCUT2D eigenvalue weighted by molar-refractivity contribution is 7.26. The number of hydrogen-bond acceptors (Lipinski definition) is 2. The summed E-state index contributed by atoms with van der Waals surface area (Å²) in [4.78, 5) is 3.87. The molecule has 0 unspecified atom stereocenters. The van der Waals surface area contributed by atoms with Crippen molar-refractivity contribution in [1.82, 2.24) is 4.48 Å². The minimum atomic E-state index is 0.0914.